The maximum Gasteiger partial charge on any atom is 0.191 e. The molecular formula is C17H25N3OS. The number of guanidine groups is 1. The van der Waals surface area contributed by atoms with Crippen LogP contribution < -0.4 is 10.6 Å². The Balaban J connectivity index is 1.45. The van der Waals surface area contributed by atoms with Gasteiger partial charge in [-0.3, -0.25) is 0 Å². The fraction of sp³-hybridized carbons (Fsp3) is 0.706. The largest absolute Gasteiger partial charge is 0.377 e. The lowest BCUT2D eigenvalue weighted by atomic mass is 9.46. The molecule has 22 heavy (non-hydrogen) atoms. The van der Waals surface area contributed by atoms with Crippen molar-refractivity contribution in [2.45, 2.75) is 51.3 Å². The molecule has 1 aliphatic heterocycles. The lowest BCUT2D eigenvalue weighted by Crippen LogP contribution is -2.72. The van der Waals surface area contributed by atoms with Gasteiger partial charge in [0.2, 0.25) is 0 Å². The van der Waals surface area contributed by atoms with Crippen molar-refractivity contribution in [1.29, 1.82) is 0 Å². The maximum absolute atomic E-state index is 6.00. The van der Waals surface area contributed by atoms with Crippen LogP contribution in [0.3, 0.4) is 0 Å². The highest BCUT2D eigenvalue weighted by Gasteiger charge is 2.66. The summed E-state index contributed by atoms with van der Waals surface area (Å²) in [4.78, 5) is 6.09. The summed E-state index contributed by atoms with van der Waals surface area (Å²) in [7, 11) is 0. The van der Waals surface area contributed by atoms with Gasteiger partial charge in [0.25, 0.3) is 0 Å². The van der Waals surface area contributed by atoms with Crippen LogP contribution in [0, 0.1) is 11.3 Å². The number of nitrogens with zero attached hydrogens (tertiary/aromatic N) is 1. The van der Waals surface area contributed by atoms with Crippen molar-refractivity contribution in [2.24, 2.45) is 16.3 Å². The van der Waals surface area contributed by atoms with Gasteiger partial charge < -0.3 is 15.4 Å². The number of rotatable bonds is 4. The topological polar surface area (TPSA) is 45.7 Å². The standard InChI is InChI=1S/C17H25N3OS/c1-2-18-16(19-11-12-5-3-10-22-12)20-14-13-6-9-21-15(13)17(14)7-4-8-17/h3,5,10,13-15H,2,4,6-9,11H2,1H3,(H2,18,19,20). The van der Waals surface area contributed by atoms with E-state index in [2.05, 4.69) is 35.1 Å². The Bertz CT molecular complexity index is 538. The van der Waals surface area contributed by atoms with Gasteiger partial charge in [0.05, 0.1) is 12.6 Å². The molecule has 0 radical (unpaired) electrons. The van der Waals surface area contributed by atoms with E-state index in [1.54, 1.807) is 11.3 Å². The van der Waals surface area contributed by atoms with Crippen LogP contribution in [0.2, 0.25) is 0 Å². The molecule has 3 unspecified atom stereocenters. The molecule has 0 bridgehead atoms. The predicted octanol–water partition coefficient (Wildman–Crippen LogP) is 2.76. The molecule has 4 nitrogen and oxygen atoms in total. The van der Waals surface area contributed by atoms with Crippen LogP contribution in [0.25, 0.3) is 0 Å². The van der Waals surface area contributed by atoms with Crippen LogP contribution in [0.5, 0.6) is 0 Å². The second-order valence-corrected chi connectivity index (χ2v) is 7.76. The van der Waals surface area contributed by atoms with Crippen molar-refractivity contribution < 1.29 is 4.74 Å². The molecule has 1 spiro atoms. The molecule has 120 valence electrons. The van der Waals surface area contributed by atoms with Crippen LogP contribution in [0.4, 0.5) is 0 Å². The van der Waals surface area contributed by atoms with Gasteiger partial charge in [0, 0.05) is 35.4 Å². The molecule has 2 aliphatic carbocycles. The van der Waals surface area contributed by atoms with E-state index in [1.165, 1.54) is 30.6 Å². The first-order valence-corrected chi connectivity index (χ1v) is 9.40. The van der Waals surface area contributed by atoms with Gasteiger partial charge in [0.15, 0.2) is 5.96 Å². The summed E-state index contributed by atoms with van der Waals surface area (Å²) in [5.74, 6) is 1.66. The second kappa shape index (κ2) is 5.85. The van der Waals surface area contributed by atoms with Gasteiger partial charge in [-0.2, -0.15) is 0 Å². The molecule has 3 aliphatic rings. The summed E-state index contributed by atoms with van der Waals surface area (Å²) in [6.45, 7) is 4.74. The quantitative estimate of drug-likeness (QED) is 0.662. The zero-order valence-electron chi connectivity index (χ0n) is 13.2. The molecule has 2 heterocycles. The molecule has 2 saturated carbocycles. The van der Waals surface area contributed by atoms with Crippen LogP contribution in [-0.4, -0.2) is 31.3 Å². The zero-order valence-corrected chi connectivity index (χ0v) is 14.0. The highest BCUT2D eigenvalue weighted by atomic mass is 32.1. The summed E-state index contributed by atoms with van der Waals surface area (Å²) in [5.41, 5.74) is 0.403. The van der Waals surface area contributed by atoms with E-state index in [-0.39, 0.29) is 0 Å². The van der Waals surface area contributed by atoms with Crippen molar-refractivity contribution in [1.82, 2.24) is 10.6 Å². The van der Waals surface area contributed by atoms with Crippen molar-refractivity contribution in [3.8, 4) is 0 Å². The van der Waals surface area contributed by atoms with Gasteiger partial charge >= 0.3 is 0 Å². The average molecular weight is 319 g/mol. The molecule has 1 saturated heterocycles. The minimum Gasteiger partial charge on any atom is -0.377 e. The number of fused-ring (bicyclic) bond motifs is 2. The summed E-state index contributed by atoms with van der Waals surface area (Å²) >= 11 is 1.77. The molecule has 0 amide bonds. The first-order chi connectivity index (χ1) is 10.8. The lowest BCUT2D eigenvalue weighted by molar-refractivity contribution is -0.171. The van der Waals surface area contributed by atoms with E-state index in [4.69, 9.17) is 9.73 Å². The van der Waals surface area contributed by atoms with Gasteiger partial charge in [-0.25, -0.2) is 4.99 Å². The van der Waals surface area contributed by atoms with E-state index in [1.807, 2.05) is 0 Å². The third-order valence-electron chi connectivity index (χ3n) is 5.65. The van der Waals surface area contributed by atoms with E-state index in [0.717, 1.165) is 25.7 Å². The fourth-order valence-corrected chi connectivity index (χ4v) is 5.11. The number of nitrogens with one attached hydrogen (secondary N) is 2. The molecular weight excluding hydrogens is 294 g/mol. The Kier molecular flexibility index (Phi) is 3.86. The van der Waals surface area contributed by atoms with Crippen molar-refractivity contribution >= 4 is 17.3 Å². The Morgan fingerprint density at radius 3 is 3.09 bits per heavy atom. The van der Waals surface area contributed by atoms with E-state index >= 15 is 0 Å². The molecule has 5 heteroatoms. The van der Waals surface area contributed by atoms with Crippen LogP contribution in [0.1, 0.15) is 37.5 Å². The SMILES string of the molecule is CCNC(=NCc1cccs1)NC1C2CCOC2C12CCC2. The van der Waals surface area contributed by atoms with E-state index in [9.17, 15) is 0 Å². The number of ether oxygens (including phenoxy) is 1. The molecule has 0 aromatic carbocycles. The predicted molar refractivity (Wildman–Crippen MR) is 90.2 cm³/mol. The van der Waals surface area contributed by atoms with Gasteiger partial charge in [-0.15, -0.1) is 11.3 Å². The Hall–Kier alpha value is -1.07. The van der Waals surface area contributed by atoms with Gasteiger partial charge in [-0.1, -0.05) is 12.5 Å². The maximum atomic E-state index is 6.00. The number of thiophene rings is 1. The van der Waals surface area contributed by atoms with Crippen LogP contribution >= 0.6 is 11.3 Å². The summed E-state index contributed by atoms with van der Waals surface area (Å²) in [6.07, 6.45) is 5.70. The third-order valence-corrected chi connectivity index (χ3v) is 6.51. The number of aliphatic imine (C=N–C) groups is 1. The molecule has 2 N–H and O–H groups in total. The van der Waals surface area contributed by atoms with Crippen molar-refractivity contribution in [3.63, 3.8) is 0 Å². The Labute approximate surface area is 136 Å². The zero-order chi connectivity index (χ0) is 15.0. The first-order valence-electron chi connectivity index (χ1n) is 8.52. The average Bonchev–Trinajstić information content (AvgIpc) is 3.10. The Morgan fingerprint density at radius 1 is 1.50 bits per heavy atom. The van der Waals surface area contributed by atoms with E-state index < -0.39 is 0 Å². The minimum absolute atomic E-state index is 0.403. The molecule has 3 atom stereocenters. The fourth-order valence-electron chi connectivity index (χ4n) is 4.48. The highest BCUT2D eigenvalue weighted by Crippen LogP contribution is 2.62. The second-order valence-electron chi connectivity index (χ2n) is 6.73. The molecule has 4 rings (SSSR count). The van der Waals surface area contributed by atoms with Gasteiger partial charge in [-0.05, 0) is 37.6 Å². The molecule has 3 fully saturated rings. The van der Waals surface area contributed by atoms with E-state index in [0.29, 0.717) is 23.5 Å². The monoisotopic (exact) mass is 319 g/mol. The number of hydrogen-bond donors (Lipinski definition) is 2. The molecule has 1 aromatic rings. The minimum atomic E-state index is 0.403. The summed E-state index contributed by atoms with van der Waals surface area (Å²) < 4.78 is 6.00. The van der Waals surface area contributed by atoms with Crippen molar-refractivity contribution in [3.05, 3.63) is 22.4 Å². The smallest absolute Gasteiger partial charge is 0.191 e. The normalized spacial score (nSPS) is 32.2. The Morgan fingerprint density at radius 2 is 2.41 bits per heavy atom. The highest BCUT2D eigenvalue weighted by molar-refractivity contribution is 7.09. The number of hydrogen-bond acceptors (Lipinski definition) is 3. The van der Waals surface area contributed by atoms with Gasteiger partial charge in [0.1, 0.15) is 0 Å². The third kappa shape index (κ3) is 2.26. The van der Waals surface area contributed by atoms with Crippen molar-refractivity contribution in [2.75, 3.05) is 13.2 Å². The van der Waals surface area contributed by atoms with Crippen LogP contribution in [-0.2, 0) is 11.3 Å². The van der Waals surface area contributed by atoms with Crippen LogP contribution in [0.15, 0.2) is 22.5 Å². The first kappa shape index (κ1) is 14.5. The lowest BCUT2D eigenvalue weighted by Gasteiger charge is -2.63. The molecule has 1 aromatic heterocycles. The summed E-state index contributed by atoms with van der Waals surface area (Å²) in [5, 5.41) is 9.27. The summed E-state index contributed by atoms with van der Waals surface area (Å²) in [6, 6.07) is 4.79.